The lowest BCUT2D eigenvalue weighted by Gasteiger charge is -2.33. The van der Waals surface area contributed by atoms with Gasteiger partial charge in [-0.2, -0.15) is 5.06 Å². The van der Waals surface area contributed by atoms with E-state index < -0.39 is 29.8 Å². The Hall–Kier alpha value is -1.17. The number of aliphatic hydroxyl groups is 3. The van der Waals surface area contributed by atoms with Crippen molar-refractivity contribution in [3.63, 3.8) is 0 Å². The lowest BCUT2D eigenvalue weighted by atomic mass is 9.77. The molecule has 7 heteroatoms. The van der Waals surface area contributed by atoms with Gasteiger partial charge in [-0.3, -0.25) is 9.63 Å². The van der Waals surface area contributed by atoms with Crippen molar-refractivity contribution < 1.29 is 25.0 Å². The van der Waals surface area contributed by atoms with Crippen LogP contribution in [-0.4, -0.2) is 69.8 Å². The maximum Gasteiger partial charge on any atom is 0.240 e. The van der Waals surface area contributed by atoms with Crippen molar-refractivity contribution in [2.45, 2.75) is 128 Å². The van der Waals surface area contributed by atoms with E-state index in [-0.39, 0.29) is 24.3 Å². The van der Waals surface area contributed by atoms with Gasteiger partial charge in [-0.1, -0.05) is 56.8 Å². The quantitative estimate of drug-likeness (QED) is 0.355. The van der Waals surface area contributed by atoms with Crippen LogP contribution in [0.5, 0.6) is 0 Å². The molecule has 0 aromatic carbocycles. The summed E-state index contributed by atoms with van der Waals surface area (Å²) < 4.78 is 0. The summed E-state index contributed by atoms with van der Waals surface area (Å²) in [7, 11) is 0. The molecule has 1 heterocycles. The van der Waals surface area contributed by atoms with Crippen LogP contribution in [0.15, 0.2) is 0 Å². The Morgan fingerprint density at radius 2 is 1.68 bits per heavy atom. The third kappa shape index (κ3) is 7.73. The summed E-state index contributed by atoms with van der Waals surface area (Å²) in [6, 6.07) is -0.616. The molecule has 3 unspecified atom stereocenters. The Kier molecular flexibility index (Phi) is 10.9. The molecule has 1 amide bonds. The van der Waals surface area contributed by atoms with Crippen LogP contribution >= 0.6 is 0 Å². The zero-order valence-corrected chi connectivity index (χ0v) is 23.7. The molecule has 216 valence electrons. The van der Waals surface area contributed by atoms with E-state index in [0.29, 0.717) is 24.9 Å². The van der Waals surface area contributed by atoms with E-state index in [2.05, 4.69) is 17.2 Å². The summed E-state index contributed by atoms with van der Waals surface area (Å²) in [5, 5.41) is 36.5. The molecular weight excluding hydrogens is 480 g/mol. The highest BCUT2D eigenvalue weighted by molar-refractivity contribution is 5.82. The van der Waals surface area contributed by atoms with Crippen LogP contribution < -0.4 is 5.32 Å². The highest BCUT2D eigenvalue weighted by Gasteiger charge is 2.49. The monoisotopic (exact) mass is 532 g/mol. The molecule has 4 N–H and O–H groups in total. The molecule has 3 saturated carbocycles. The van der Waals surface area contributed by atoms with Crippen molar-refractivity contribution in [2.24, 2.45) is 29.6 Å². The normalized spacial score (nSPS) is 34.2. The Morgan fingerprint density at radius 3 is 2.34 bits per heavy atom. The number of hydrogen-bond donors (Lipinski definition) is 4. The average molecular weight is 533 g/mol. The third-order valence-electron chi connectivity index (χ3n) is 9.82. The number of hydroxylamine groups is 2. The molecule has 7 atom stereocenters. The van der Waals surface area contributed by atoms with Crippen LogP contribution in [0.1, 0.15) is 104 Å². The summed E-state index contributed by atoms with van der Waals surface area (Å²) in [5.74, 6) is 7.43. The lowest BCUT2D eigenvalue weighted by Crippen LogP contribution is -2.51. The standard InChI is InChI=1S/C31H52N2O5/c1-22(35)28-27(21-34)38-33(29(28)30(36)32-19-24-10-5-3-6-11-24)20-25-13-9-12-23(18-25)16-17-31(2,37)26-14-7-4-8-15-26/h22-29,34-35,37H,3-15,18-21H2,1-2H3,(H,32,36)/t22-,23?,25?,27-,28+,29-,31?/m1/s1. The van der Waals surface area contributed by atoms with Gasteiger partial charge >= 0.3 is 0 Å². The van der Waals surface area contributed by atoms with Gasteiger partial charge in [0.05, 0.1) is 12.7 Å². The number of hydrogen-bond acceptors (Lipinski definition) is 6. The summed E-state index contributed by atoms with van der Waals surface area (Å²) in [5.41, 5.74) is -0.925. The van der Waals surface area contributed by atoms with Crippen molar-refractivity contribution in [1.29, 1.82) is 0 Å². The maximum absolute atomic E-state index is 13.5. The molecule has 0 bridgehead atoms. The molecule has 3 aliphatic carbocycles. The summed E-state index contributed by atoms with van der Waals surface area (Å²) in [4.78, 5) is 19.6. The first-order chi connectivity index (χ1) is 18.3. The minimum atomic E-state index is -0.925. The first-order valence-electron chi connectivity index (χ1n) is 15.5. The number of rotatable bonds is 8. The van der Waals surface area contributed by atoms with Crippen LogP contribution in [0.3, 0.4) is 0 Å². The Balaban J connectivity index is 1.39. The van der Waals surface area contributed by atoms with E-state index in [1.54, 1.807) is 12.0 Å². The molecular formula is C31H52N2O5. The fourth-order valence-corrected chi connectivity index (χ4v) is 7.49. The Labute approximate surface area is 230 Å². The van der Waals surface area contributed by atoms with Gasteiger partial charge in [0.25, 0.3) is 0 Å². The van der Waals surface area contributed by atoms with E-state index >= 15 is 0 Å². The smallest absolute Gasteiger partial charge is 0.240 e. The number of carbonyl (C=O) groups is 1. The minimum absolute atomic E-state index is 0.104. The number of nitrogens with one attached hydrogen (secondary N) is 1. The SMILES string of the molecule is C[C@@H](O)[C@H]1[C@@H](CO)ON(CC2CCCC(C#CC(C)(O)C3CCCCC3)C2)[C@H]1C(=O)NCC1CCCCC1. The zero-order chi connectivity index (χ0) is 27.1. The van der Waals surface area contributed by atoms with Gasteiger partial charge < -0.3 is 20.6 Å². The van der Waals surface area contributed by atoms with Crippen molar-refractivity contribution in [2.75, 3.05) is 19.7 Å². The Bertz CT molecular complexity index is 809. The molecule has 0 radical (unpaired) electrons. The van der Waals surface area contributed by atoms with Crippen LogP contribution in [0.2, 0.25) is 0 Å². The van der Waals surface area contributed by atoms with Gasteiger partial charge in [0.15, 0.2) is 0 Å². The van der Waals surface area contributed by atoms with Gasteiger partial charge in [-0.15, -0.1) is 0 Å². The van der Waals surface area contributed by atoms with E-state index in [4.69, 9.17) is 4.84 Å². The summed E-state index contributed by atoms with van der Waals surface area (Å²) in [6.07, 6.45) is 14.5. The molecule has 1 aliphatic heterocycles. The van der Waals surface area contributed by atoms with E-state index in [0.717, 1.165) is 51.4 Å². The minimum Gasteiger partial charge on any atom is -0.394 e. The highest BCUT2D eigenvalue weighted by atomic mass is 16.7. The van der Waals surface area contributed by atoms with Gasteiger partial charge in [0.2, 0.25) is 5.91 Å². The molecule has 4 rings (SSSR count). The molecule has 4 fully saturated rings. The van der Waals surface area contributed by atoms with Crippen molar-refractivity contribution in [3.05, 3.63) is 0 Å². The molecule has 0 aromatic rings. The van der Waals surface area contributed by atoms with Crippen LogP contribution in [0.4, 0.5) is 0 Å². The van der Waals surface area contributed by atoms with Gasteiger partial charge in [0, 0.05) is 24.9 Å². The van der Waals surface area contributed by atoms with Gasteiger partial charge in [0.1, 0.15) is 17.7 Å². The second-order valence-electron chi connectivity index (χ2n) is 12.9. The number of carbonyl (C=O) groups excluding carboxylic acids is 1. The lowest BCUT2D eigenvalue weighted by molar-refractivity contribution is -0.183. The fraction of sp³-hybridized carbons (Fsp3) is 0.903. The van der Waals surface area contributed by atoms with Crippen LogP contribution in [0.25, 0.3) is 0 Å². The van der Waals surface area contributed by atoms with Gasteiger partial charge in [-0.05, 0) is 76.5 Å². The van der Waals surface area contributed by atoms with Gasteiger partial charge in [-0.25, -0.2) is 0 Å². The predicted octanol–water partition coefficient (Wildman–Crippen LogP) is 3.80. The molecule has 0 aromatic heterocycles. The highest BCUT2D eigenvalue weighted by Crippen LogP contribution is 2.36. The topological polar surface area (TPSA) is 102 Å². The summed E-state index contributed by atoms with van der Waals surface area (Å²) in [6.45, 7) is 4.59. The molecule has 7 nitrogen and oxygen atoms in total. The second kappa shape index (κ2) is 13.9. The van der Waals surface area contributed by atoms with E-state index in [1.165, 1.54) is 38.5 Å². The van der Waals surface area contributed by atoms with E-state index in [1.807, 2.05) is 6.92 Å². The van der Waals surface area contributed by atoms with Crippen molar-refractivity contribution in [3.8, 4) is 11.8 Å². The zero-order valence-electron chi connectivity index (χ0n) is 23.7. The Morgan fingerprint density at radius 1 is 1.03 bits per heavy atom. The number of nitrogens with zero attached hydrogens (tertiary/aromatic N) is 1. The first kappa shape index (κ1) is 29.8. The predicted molar refractivity (Wildman–Crippen MR) is 148 cm³/mol. The van der Waals surface area contributed by atoms with Crippen molar-refractivity contribution in [1.82, 2.24) is 10.4 Å². The second-order valence-corrected chi connectivity index (χ2v) is 12.9. The molecule has 38 heavy (non-hydrogen) atoms. The number of amides is 1. The van der Waals surface area contributed by atoms with Crippen LogP contribution in [-0.2, 0) is 9.63 Å². The summed E-state index contributed by atoms with van der Waals surface area (Å²) >= 11 is 0. The fourth-order valence-electron chi connectivity index (χ4n) is 7.49. The van der Waals surface area contributed by atoms with E-state index in [9.17, 15) is 20.1 Å². The average Bonchev–Trinajstić information content (AvgIpc) is 3.30. The maximum atomic E-state index is 13.5. The van der Waals surface area contributed by atoms with Crippen molar-refractivity contribution >= 4 is 5.91 Å². The number of aliphatic hydroxyl groups excluding tert-OH is 2. The molecule has 0 spiro atoms. The molecule has 4 aliphatic rings. The molecule has 1 saturated heterocycles. The van der Waals surface area contributed by atoms with Crippen LogP contribution in [0, 0.1) is 41.4 Å². The first-order valence-corrected chi connectivity index (χ1v) is 15.5. The largest absolute Gasteiger partial charge is 0.394 e. The third-order valence-corrected chi connectivity index (χ3v) is 9.82.